The summed E-state index contributed by atoms with van der Waals surface area (Å²) in [7, 11) is 1.37. The van der Waals surface area contributed by atoms with Crippen LogP contribution >= 0.6 is 0 Å². The monoisotopic (exact) mass is 310 g/mol. The number of halogens is 1. The Morgan fingerprint density at radius 1 is 1.23 bits per heavy atom. The molecule has 0 radical (unpaired) electrons. The molecular weight excluding hydrogens is 287 g/mol. The maximum absolute atomic E-state index is 13.2. The van der Waals surface area contributed by atoms with E-state index in [4.69, 9.17) is 9.47 Å². The van der Waals surface area contributed by atoms with Crippen LogP contribution in [0.15, 0.2) is 24.3 Å². The van der Waals surface area contributed by atoms with Crippen molar-refractivity contribution in [2.75, 3.05) is 20.3 Å². The minimum Gasteiger partial charge on any atom is -0.469 e. The van der Waals surface area contributed by atoms with Gasteiger partial charge in [-0.05, 0) is 18.6 Å². The third-order valence-corrected chi connectivity index (χ3v) is 3.79. The zero-order chi connectivity index (χ0) is 16.2. The summed E-state index contributed by atoms with van der Waals surface area (Å²) in [6.45, 7) is 5.22. The quantitative estimate of drug-likeness (QED) is 0.782. The molecule has 0 unspecified atom stereocenters. The molecule has 1 heterocycles. The van der Waals surface area contributed by atoms with Crippen LogP contribution < -0.4 is 0 Å². The SMILES string of the molecule is COC(=O)CCCC1(c2ccc(F)cc2)OCC(C)(C)CO1. The van der Waals surface area contributed by atoms with Crippen LogP contribution in [0.2, 0.25) is 0 Å². The number of ether oxygens (including phenoxy) is 3. The van der Waals surface area contributed by atoms with Gasteiger partial charge in [0.05, 0.1) is 20.3 Å². The lowest BCUT2D eigenvalue weighted by Gasteiger charge is -2.44. The molecule has 1 aliphatic heterocycles. The van der Waals surface area contributed by atoms with Crippen LogP contribution in [0.1, 0.15) is 38.7 Å². The first kappa shape index (κ1) is 16.9. The van der Waals surface area contributed by atoms with E-state index in [0.717, 1.165) is 5.56 Å². The summed E-state index contributed by atoms with van der Waals surface area (Å²) in [4.78, 5) is 11.3. The lowest BCUT2D eigenvalue weighted by atomic mass is 9.91. The van der Waals surface area contributed by atoms with Crippen molar-refractivity contribution in [2.45, 2.75) is 38.9 Å². The van der Waals surface area contributed by atoms with E-state index >= 15 is 0 Å². The third-order valence-electron chi connectivity index (χ3n) is 3.79. The van der Waals surface area contributed by atoms with Crippen LogP contribution in [0.25, 0.3) is 0 Å². The van der Waals surface area contributed by atoms with E-state index in [9.17, 15) is 9.18 Å². The summed E-state index contributed by atoms with van der Waals surface area (Å²) in [6, 6.07) is 6.13. The van der Waals surface area contributed by atoms with Gasteiger partial charge in [-0.1, -0.05) is 26.0 Å². The van der Waals surface area contributed by atoms with Gasteiger partial charge in [0, 0.05) is 23.8 Å². The Kier molecular flexibility index (Phi) is 5.19. The zero-order valence-electron chi connectivity index (χ0n) is 13.4. The lowest BCUT2D eigenvalue weighted by molar-refractivity contribution is -0.311. The van der Waals surface area contributed by atoms with Gasteiger partial charge in [0.15, 0.2) is 5.79 Å². The first-order valence-electron chi connectivity index (χ1n) is 7.48. The Morgan fingerprint density at radius 3 is 2.36 bits per heavy atom. The summed E-state index contributed by atoms with van der Waals surface area (Å²) >= 11 is 0. The molecule has 122 valence electrons. The van der Waals surface area contributed by atoms with Crippen LogP contribution in [-0.4, -0.2) is 26.3 Å². The Bertz CT molecular complexity index is 500. The van der Waals surface area contributed by atoms with E-state index in [2.05, 4.69) is 18.6 Å². The molecule has 0 aromatic heterocycles. The third kappa shape index (κ3) is 4.05. The van der Waals surface area contributed by atoms with Gasteiger partial charge in [-0.2, -0.15) is 0 Å². The molecule has 5 heteroatoms. The van der Waals surface area contributed by atoms with Crippen molar-refractivity contribution < 1.29 is 23.4 Å². The van der Waals surface area contributed by atoms with Crippen LogP contribution in [-0.2, 0) is 24.8 Å². The van der Waals surface area contributed by atoms with Crippen molar-refractivity contribution in [3.05, 3.63) is 35.6 Å². The molecule has 1 aliphatic rings. The summed E-state index contributed by atoms with van der Waals surface area (Å²) in [5, 5.41) is 0. The van der Waals surface area contributed by atoms with Crippen molar-refractivity contribution >= 4 is 5.97 Å². The number of carbonyl (C=O) groups excluding carboxylic acids is 1. The average Bonchev–Trinajstić information content (AvgIpc) is 2.50. The summed E-state index contributed by atoms with van der Waals surface area (Å²) < 4.78 is 29.9. The Labute approximate surface area is 130 Å². The molecule has 22 heavy (non-hydrogen) atoms. The van der Waals surface area contributed by atoms with Crippen molar-refractivity contribution in [1.82, 2.24) is 0 Å². The minimum absolute atomic E-state index is 0.0636. The Morgan fingerprint density at radius 2 is 1.82 bits per heavy atom. The smallest absolute Gasteiger partial charge is 0.305 e. The van der Waals surface area contributed by atoms with E-state index in [1.807, 2.05) is 0 Å². The van der Waals surface area contributed by atoms with Crippen molar-refractivity contribution in [3.8, 4) is 0 Å². The molecular formula is C17H23FO4. The molecule has 1 saturated heterocycles. The molecule has 1 fully saturated rings. The molecule has 1 aromatic carbocycles. The Hall–Kier alpha value is -1.46. The lowest BCUT2D eigenvalue weighted by Crippen LogP contribution is -2.45. The number of hydrogen-bond donors (Lipinski definition) is 0. The van der Waals surface area contributed by atoms with Crippen molar-refractivity contribution in [3.63, 3.8) is 0 Å². The van der Waals surface area contributed by atoms with Crippen molar-refractivity contribution in [1.29, 1.82) is 0 Å². The first-order chi connectivity index (χ1) is 10.4. The highest BCUT2D eigenvalue weighted by molar-refractivity contribution is 5.69. The predicted octanol–water partition coefficient (Wildman–Crippen LogP) is 3.39. The van der Waals surface area contributed by atoms with Crippen LogP contribution in [0.5, 0.6) is 0 Å². The number of methoxy groups -OCH3 is 1. The van der Waals surface area contributed by atoms with Crippen LogP contribution in [0.4, 0.5) is 4.39 Å². The van der Waals surface area contributed by atoms with Gasteiger partial charge in [0.1, 0.15) is 5.82 Å². The zero-order valence-corrected chi connectivity index (χ0v) is 13.4. The maximum atomic E-state index is 13.2. The molecule has 4 nitrogen and oxygen atoms in total. The number of hydrogen-bond acceptors (Lipinski definition) is 4. The molecule has 0 bridgehead atoms. The number of esters is 1. The Balaban J connectivity index is 2.14. The maximum Gasteiger partial charge on any atom is 0.305 e. The van der Waals surface area contributed by atoms with Crippen molar-refractivity contribution in [2.24, 2.45) is 5.41 Å². The highest BCUT2D eigenvalue weighted by atomic mass is 19.1. The molecule has 2 rings (SSSR count). The second-order valence-corrected chi connectivity index (χ2v) is 6.43. The van der Waals surface area contributed by atoms with Gasteiger partial charge in [0.25, 0.3) is 0 Å². The van der Waals surface area contributed by atoms with E-state index in [1.54, 1.807) is 12.1 Å². The van der Waals surface area contributed by atoms with Crippen LogP contribution in [0.3, 0.4) is 0 Å². The number of carbonyl (C=O) groups is 1. The van der Waals surface area contributed by atoms with E-state index < -0.39 is 5.79 Å². The molecule has 1 aromatic rings. The van der Waals surface area contributed by atoms with E-state index in [-0.39, 0.29) is 17.2 Å². The van der Waals surface area contributed by atoms with Gasteiger partial charge in [-0.3, -0.25) is 4.79 Å². The average molecular weight is 310 g/mol. The van der Waals surface area contributed by atoms with E-state index in [0.29, 0.717) is 32.5 Å². The molecule has 0 saturated carbocycles. The summed E-state index contributed by atoms with van der Waals surface area (Å²) in [5.74, 6) is -1.48. The normalized spacial score (nSPS) is 19.6. The first-order valence-corrected chi connectivity index (χ1v) is 7.48. The summed E-state index contributed by atoms with van der Waals surface area (Å²) in [6.07, 6.45) is 1.39. The fourth-order valence-electron chi connectivity index (χ4n) is 2.43. The van der Waals surface area contributed by atoms with Gasteiger partial charge in [0.2, 0.25) is 0 Å². The molecule has 0 spiro atoms. The van der Waals surface area contributed by atoms with Gasteiger partial charge >= 0.3 is 5.97 Å². The fourth-order valence-corrected chi connectivity index (χ4v) is 2.43. The van der Waals surface area contributed by atoms with Gasteiger partial charge in [-0.25, -0.2) is 4.39 Å². The second-order valence-electron chi connectivity index (χ2n) is 6.43. The number of benzene rings is 1. The molecule has 0 amide bonds. The van der Waals surface area contributed by atoms with Crippen LogP contribution in [0, 0.1) is 11.2 Å². The standard InChI is InChI=1S/C17H23FO4/c1-16(2)11-21-17(22-12-16,10-4-5-15(19)20-3)13-6-8-14(18)9-7-13/h6-9H,4-5,10-12H2,1-3H3. The van der Waals surface area contributed by atoms with E-state index in [1.165, 1.54) is 19.2 Å². The molecule has 0 atom stereocenters. The summed E-state index contributed by atoms with van der Waals surface area (Å²) in [5.41, 5.74) is 0.709. The number of rotatable bonds is 5. The highest BCUT2D eigenvalue weighted by Crippen LogP contribution is 2.40. The van der Waals surface area contributed by atoms with Gasteiger partial charge < -0.3 is 14.2 Å². The predicted molar refractivity (Wildman–Crippen MR) is 79.6 cm³/mol. The molecule has 0 N–H and O–H groups in total. The highest BCUT2D eigenvalue weighted by Gasteiger charge is 2.41. The largest absolute Gasteiger partial charge is 0.469 e. The second kappa shape index (κ2) is 6.75. The molecule has 0 aliphatic carbocycles. The van der Waals surface area contributed by atoms with Gasteiger partial charge in [-0.15, -0.1) is 0 Å². The fraction of sp³-hybridized carbons (Fsp3) is 0.588. The topological polar surface area (TPSA) is 44.8 Å². The minimum atomic E-state index is -0.919.